The van der Waals surface area contributed by atoms with Crippen molar-refractivity contribution in [1.29, 1.82) is 0 Å². The van der Waals surface area contributed by atoms with Gasteiger partial charge < -0.3 is 9.47 Å². The van der Waals surface area contributed by atoms with Gasteiger partial charge in [0.1, 0.15) is 5.75 Å². The van der Waals surface area contributed by atoms with E-state index in [1.54, 1.807) is 7.11 Å². The summed E-state index contributed by atoms with van der Waals surface area (Å²) in [5, 5.41) is 0.720. The zero-order valence-corrected chi connectivity index (χ0v) is 12.9. The summed E-state index contributed by atoms with van der Waals surface area (Å²) in [5.74, 6) is 0.846. The first-order valence-electron chi connectivity index (χ1n) is 5.83. The van der Waals surface area contributed by atoms with Crippen LogP contribution in [0.15, 0.2) is 46.9 Å². The molecule has 0 N–H and O–H groups in total. The minimum atomic E-state index is 0.490. The van der Waals surface area contributed by atoms with Crippen LogP contribution in [-0.2, 0) is 18.0 Å². The number of halogens is 2. The predicted octanol–water partition coefficient (Wildman–Crippen LogP) is 4.83. The van der Waals surface area contributed by atoms with Crippen molar-refractivity contribution in [3.63, 3.8) is 0 Å². The maximum absolute atomic E-state index is 6.10. The van der Waals surface area contributed by atoms with Crippen LogP contribution in [0.25, 0.3) is 0 Å². The van der Waals surface area contributed by atoms with Gasteiger partial charge in [0.2, 0.25) is 0 Å². The van der Waals surface area contributed by atoms with Gasteiger partial charge in [-0.1, -0.05) is 39.7 Å². The van der Waals surface area contributed by atoms with Gasteiger partial charge in [-0.25, -0.2) is 0 Å². The molecule has 19 heavy (non-hydrogen) atoms. The van der Waals surface area contributed by atoms with Crippen molar-refractivity contribution in [3.05, 3.63) is 63.1 Å². The van der Waals surface area contributed by atoms with Crippen LogP contribution in [0.5, 0.6) is 5.75 Å². The van der Waals surface area contributed by atoms with E-state index >= 15 is 0 Å². The van der Waals surface area contributed by atoms with Crippen LogP contribution in [-0.4, -0.2) is 7.11 Å². The molecule has 2 aromatic rings. The molecule has 2 aromatic carbocycles. The Morgan fingerprint density at radius 2 is 1.79 bits per heavy atom. The standard InChI is InChI=1S/C15H14BrClO2/c1-18-14-5-2-11(3-6-14)9-19-10-12-8-13(16)4-7-15(12)17/h2-8H,9-10H2,1H3. The fourth-order valence-electron chi connectivity index (χ4n) is 1.65. The van der Waals surface area contributed by atoms with Gasteiger partial charge in [0, 0.05) is 9.50 Å². The largest absolute Gasteiger partial charge is 0.497 e. The molecule has 0 aliphatic carbocycles. The molecule has 2 rings (SSSR count). The van der Waals surface area contributed by atoms with Crippen molar-refractivity contribution in [1.82, 2.24) is 0 Å². The summed E-state index contributed by atoms with van der Waals surface area (Å²) in [4.78, 5) is 0. The van der Waals surface area contributed by atoms with Crippen molar-refractivity contribution >= 4 is 27.5 Å². The highest BCUT2D eigenvalue weighted by Gasteiger charge is 2.02. The predicted molar refractivity (Wildman–Crippen MR) is 80.6 cm³/mol. The molecule has 0 unspecified atom stereocenters. The Morgan fingerprint density at radius 3 is 2.47 bits per heavy atom. The summed E-state index contributed by atoms with van der Waals surface area (Å²) in [5.41, 5.74) is 2.08. The van der Waals surface area contributed by atoms with Gasteiger partial charge in [-0.3, -0.25) is 0 Å². The second kappa shape index (κ2) is 6.94. The van der Waals surface area contributed by atoms with Gasteiger partial charge in [0.05, 0.1) is 20.3 Å². The number of hydrogen-bond acceptors (Lipinski definition) is 2. The summed E-state index contributed by atoms with van der Waals surface area (Å²) in [6.07, 6.45) is 0. The zero-order chi connectivity index (χ0) is 13.7. The van der Waals surface area contributed by atoms with Gasteiger partial charge in [0.15, 0.2) is 0 Å². The fourth-order valence-corrected chi connectivity index (χ4v) is 2.24. The maximum Gasteiger partial charge on any atom is 0.118 e. The summed E-state index contributed by atoms with van der Waals surface area (Å²) in [7, 11) is 1.65. The zero-order valence-electron chi connectivity index (χ0n) is 10.5. The van der Waals surface area contributed by atoms with Crippen LogP contribution < -0.4 is 4.74 Å². The molecule has 0 aliphatic rings. The summed E-state index contributed by atoms with van der Waals surface area (Å²) in [6.45, 7) is 1.04. The second-order valence-corrected chi connectivity index (χ2v) is 5.40. The van der Waals surface area contributed by atoms with E-state index in [2.05, 4.69) is 15.9 Å². The van der Waals surface area contributed by atoms with Crippen molar-refractivity contribution in [2.45, 2.75) is 13.2 Å². The Hall–Kier alpha value is -1.03. The lowest BCUT2D eigenvalue weighted by Gasteiger charge is -2.07. The highest BCUT2D eigenvalue weighted by atomic mass is 79.9. The fraction of sp³-hybridized carbons (Fsp3) is 0.200. The molecule has 0 amide bonds. The quantitative estimate of drug-likeness (QED) is 0.775. The maximum atomic E-state index is 6.10. The summed E-state index contributed by atoms with van der Waals surface area (Å²) in [6, 6.07) is 13.6. The lowest BCUT2D eigenvalue weighted by molar-refractivity contribution is 0.107. The monoisotopic (exact) mass is 340 g/mol. The van der Waals surface area contributed by atoms with Crippen molar-refractivity contribution in [2.24, 2.45) is 0 Å². The highest BCUT2D eigenvalue weighted by Crippen LogP contribution is 2.22. The molecule has 0 fully saturated rings. The molecule has 0 aromatic heterocycles. The third-order valence-electron chi connectivity index (χ3n) is 2.69. The second-order valence-electron chi connectivity index (χ2n) is 4.08. The highest BCUT2D eigenvalue weighted by molar-refractivity contribution is 9.10. The smallest absolute Gasteiger partial charge is 0.118 e. The number of methoxy groups -OCH3 is 1. The summed E-state index contributed by atoms with van der Waals surface area (Å²) >= 11 is 9.52. The molecule has 0 saturated heterocycles. The van der Waals surface area contributed by atoms with Crippen LogP contribution in [0.3, 0.4) is 0 Å². The topological polar surface area (TPSA) is 18.5 Å². The van der Waals surface area contributed by atoms with Crippen molar-refractivity contribution < 1.29 is 9.47 Å². The average Bonchev–Trinajstić information content (AvgIpc) is 2.43. The molecule has 0 heterocycles. The van der Waals surface area contributed by atoms with E-state index in [1.807, 2.05) is 42.5 Å². The first kappa shape index (κ1) is 14.4. The van der Waals surface area contributed by atoms with E-state index in [0.29, 0.717) is 13.2 Å². The van der Waals surface area contributed by atoms with Gasteiger partial charge in [-0.05, 0) is 41.5 Å². The third kappa shape index (κ3) is 4.23. The Labute approximate surface area is 126 Å². The van der Waals surface area contributed by atoms with E-state index in [9.17, 15) is 0 Å². The van der Waals surface area contributed by atoms with E-state index in [0.717, 1.165) is 26.4 Å². The van der Waals surface area contributed by atoms with Crippen LogP contribution in [0.4, 0.5) is 0 Å². The molecule has 0 spiro atoms. The number of rotatable bonds is 5. The molecule has 4 heteroatoms. The van der Waals surface area contributed by atoms with Crippen LogP contribution in [0, 0.1) is 0 Å². The van der Waals surface area contributed by atoms with Crippen LogP contribution in [0.1, 0.15) is 11.1 Å². The Bertz CT molecular complexity index is 540. The Balaban J connectivity index is 1.90. The first-order valence-corrected chi connectivity index (χ1v) is 7.01. The summed E-state index contributed by atoms with van der Waals surface area (Å²) < 4.78 is 11.8. The van der Waals surface area contributed by atoms with E-state index in [-0.39, 0.29) is 0 Å². The van der Waals surface area contributed by atoms with Gasteiger partial charge in [0.25, 0.3) is 0 Å². The van der Waals surface area contributed by atoms with Crippen molar-refractivity contribution in [2.75, 3.05) is 7.11 Å². The molecular formula is C15H14BrClO2. The van der Waals surface area contributed by atoms with Crippen LogP contribution in [0.2, 0.25) is 5.02 Å². The molecule has 0 saturated carbocycles. The normalized spacial score (nSPS) is 10.5. The van der Waals surface area contributed by atoms with E-state index in [1.165, 1.54) is 0 Å². The lowest BCUT2D eigenvalue weighted by Crippen LogP contribution is -1.95. The molecule has 0 aliphatic heterocycles. The Kier molecular flexibility index (Phi) is 5.25. The minimum absolute atomic E-state index is 0.490. The van der Waals surface area contributed by atoms with E-state index < -0.39 is 0 Å². The van der Waals surface area contributed by atoms with Crippen molar-refractivity contribution in [3.8, 4) is 5.75 Å². The molecule has 2 nitrogen and oxygen atoms in total. The van der Waals surface area contributed by atoms with Gasteiger partial charge >= 0.3 is 0 Å². The first-order chi connectivity index (χ1) is 9.19. The van der Waals surface area contributed by atoms with E-state index in [4.69, 9.17) is 21.1 Å². The number of benzene rings is 2. The molecule has 0 radical (unpaired) electrons. The average molecular weight is 342 g/mol. The molecule has 0 atom stereocenters. The van der Waals surface area contributed by atoms with Gasteiger partial charge in [-0.2, -0.15) is 0 Å². The number of ether oxygens (including phenoxy) is 2. The number of hydrogen-bond donors (Lipinski definition) is 0. The molecular weight excluding hydrogens is 328 g/mol. The molecule has 0 bridgehead atoms. The minimum Gasteiger partial charge on any atom is -0.497 e. The Morgan fingerprint density at radius 1 is 1.05 bits per heavy atom. The lowest BCUT2D eigenvalue weighted by atomic mass is 10.2. The van der Waals surface area contributed by atoms with Gasteiger partial charge in [-0.15, -0.1) is 0 Å². The van der Waals surface area contributed by atoms with Crippen LogP contribution >= 0.6 is 27.5 Å². The third-order valence-corrected chi connectivity index (χ3v) is 3.56. The molecule has 100 valence electrons. The SMILES string of the molecule is COc1ccc(COCc2cc(Br)ccc2Cl)cc1.